The zero-order valence-corrected chi connectivity index (χ0v) is 29.6. The highest BCUT2D eigenvalue weighted by atomic mass is 32.2. The number of aryl methyl sites for hydroxylation is 1. The maximum Gasteiger partial charge on any atom is 0.243 e. The molecule has 0 radical (unpaired) electrons. The fourth-order valence-corrected chi connectivity index (χ4v) is 6.50. The summed E-state index contributed by atoms with van der Waals surface area (Å²) in [6.07, 6.45) is 1.65. The normalized spacial score (nSPS) is 18.7. The molecule has 0 saturated carbocycles. The molecule has 50 heavy (non-hydrogen) atoms. The van der Waals surface area contributed by atoms with Crippen LogP contribution in [0.4, 0.5) is 10.1 Å². The fraction of sp³-hybridized carbons (Fsp3) is 0.471. The molecule has 2 atom stereocenters. The summed E-state index contributed by atoms with van der Waals surface area (Å²) in [5.74, 6) is -1.73. The van der Waals surface area contributed by atoms with Gasteiger partial charge in [-0.15, -0.1) is 0 Å². The number of hydrogen-bond acceptors (Lipinski definition) is 8. The van der Waals surface area contributed by atoms with Gasteiger partial charge in [0, 0.05) is 32.5 Å². The Morgan fingerprint density at radius 1 is 1.02 bits per heavy atom. The quantitative estimate of drug-likeness (QED) is 0.333. The highest BCUT2D eigenvalue weighted by molar-refractivity contribution is 7.92. The Hall–Kier alpha value is -4.86. The van der Waals surface area contributed by atoms with Crippen LogP contribution in [-0.2, 0) is 42.2 Å². The Labute approximate surface area is 291 Å². The second-order valence-corrected chi connectivity index (χ2v) is 14.6. The van der Waals surface area contributed by atoms with Crippen LogP contribution in [0.25, 0.3) is 0 Å². The van der Waals surface area contributed by atoms with Gasteiger partial charge >= 0.3 is 0 Å². The molecule has 0 aliphatic carbocycles. The first-order chi connectivity index (χ1) is 23.7. The number of aromatic nitrogens is 3. The van der Waals surface area contributed by atoms with E-state index in [0.29, 0.717) is 18.1 Å². The van der Waals surface area contributed by atoms with Gasteiger partial charge in [0.1, 0.15) is 30.8 Å². The second-order valence-electron chi connectivity index (χ2n) is 12.7. The van der Waals surface area contributed by atoms with Crippen molar-refractivity contribution >= 4 is 39.3 Å². The molecule has 4 rings (SSSR count). The average molecular weight is 713 g/mol. The number of nitrogens with zero attached hydrogens (tertiary/aromatic N) is 5. The highest BCUT2D eigenvalue weighted by Crippen LogP contribution is 2.22. The summed E-state index contributed by atoms with van der Waals surface area (Å²) in [7, 11) is -3.97. The van der Waals surface area contributed by atoms with Crippen LogP contribution in [0.2, 0.25) is 0 Å². The lowest BCUT2D eigenvalue weighted by atomic mass is 10.0. The van der Waals surface area contributed by atoms with E-state index in [1.807, 2.05) is 44.2 Å². The summed E-state index contributed by atoms with van der Waals surface area (Å²) in [5.41, 5.74) is 0.830. The van der Waals surface area contributed by atoms with Gasteiger partial charge in [0.25, 0.3) is 0 Å². The van der Waals surface area contributed by atoms with Crippen LogP contribution >= 0.6 is 0 Å². The highest BCUT2D eigenvalue weighted by Gasteiger charge is 2.30. The standard InChI is InChI=1S/C34H45FN8O6S/c1-23(2)32-33-37-24(3)40-42(33)21-30(45)36-16-10-18-41(31(46)22-43(50(4,48)49)27-14-8-13-26(35)20-27)17-9-15-29(44)38-28(34(47)39-32)19-25-11-6-5-7-12-25/h5-8,11-14,20,23,28,32H,9-10,15-19,21-22H2,1-4H3,(H,36,45)(H,38,44)(H,39,47)/t28-,32+/m1/s1. The Balaban J connectivity index is 1.59. The molecule has 16 heteroatoms. The summed E-state index contributed by atoms with van der Waals surface area (Å²) in [6.45, 7) is 5.18. The predicted octanol–water partition coefficient (Wildman–Crippen LogP) is 1.86. The molecule has 2 aromatic carbocycles. The minimum Gasteiger partial charge on any atom is -0.354 e. The Morgan fingerprint density at radius 2 is 1.74 bits per heavy atom. The van der Waals surface area contributed by atoms with E-state index in [1.165, 1.54) is 27.8 Å². The SMILES string of the molecule is Cc1nc2n(n1)CC(=O)NCCCN(C(=O)CN(c1cccc(F)c1)S(C)(=O)=O)CCCC(=O)N[C@H](Cc1ccccc1)C(=O)N[C@H]2C(C)C. The number of fused-ring (bicyclic) bond motifs is 1. The molecule has 3 N–H and O–H groups in total. The number of amides is 4. The Morgan fingerprint density at radius 3 is 2.42 bits per heavy atom. The molecule has 1 aliphatic rings. The van der Waals surface area contributed by atoms with Gasteiger partial charge in [-0.1, -0.05) is 50.2 Å². The molecule has 0 fully saturated rings. The molecule has 1 aromatic heterocycles. The number of halogens is 1. The van der Waals surface area contributed by atoms with Gasteiger partial charge in [-0.3, -0.25) is 23.5 Å². The number of anilines is 1. The van der Waals surface area contributed by atoms with Crippen molar-refractivity contribution < 1.29 is 32.0 Å². The number of hydrogen-bond donors (Lipinski definition) is 3. The molecule has 4 amide bonds. The van der Waals surface area contributed by atoms with Crippen molar-refractivity contribution in [3.63, 3.8) is 0 Å². The summed E-state index contributed by atoms with van der Waals surface area (Å²) in [6, 6.07) is 12.6. The van der Waals surface area contributed by atoms with Gasteiger partial charge < -0.3 is 20.9 Å². The largest absolute Gasteiger partial charge is 0.354 e. The molecule has 0 unspecified atom stereocenters. The molecular weight excluding hydrogens is 667 g/mol. The van der Waals surface area contributed by atoms with Crippen LogP contribution in [0.3, 0.4) is 0 Å². The van der Waals surface area contributed by atoms with Gasteiger partial charge in [-0.25, -0.2) is 22.5 Å². The molecule has 2 heterocycles. The maximum absolute atomic E-state index is 14.0. The second kappa shape index (κ2) is 17.2. The monoisotopic (exact) mass is 712 g/mol. The lowest BCUT2D eigenvalue weighted by Crippen LogP contribution is -2.50. The van der Waals surface area contributed by atoms with E-state index in [1.54, 1.807) is 6.92 Å². The third kappa shape index (κ3) is 10.8. The van der Waals surface area contributed by atoms with Crippen LogP contribution < -0.4 is 20.3 Å². The number of carbonyl (C=O) groups excluding carboxylic acids is 4. The first kappa shape index (κ1) is 38.0. The van der Waals surface area contributed by atoms with Gasteiger partial charge in [-0.2, -0.15) is 5.10 Å². The van der Waals surface area contributed by atoms with E-state index >= 15 is 0 Å². The minimum atomic E-state index is -3.97. The molecule has 0 saturated heterocycles. The van der Waals surface area contributed by atoms with Crippen LogP contribution in [0, 0.1) is 18.7 Å². The lowest BCUT2D eigenvalue weighted by molar-refractivity contribution is -0.131. The van der Waals surface area contributed by atoms with Crippen LogP contribution in [0.15, 0.2) is 54.6 Å². The molecule has 0 bridgehead atoms. The third-order valence-electron chi connectivity index (χ3n) is 8.16. The Kier molecular flexibility index (Phi) is 13.0. The van der Waals surface area contributed by atoms with Crippen molar-refractivity contribution in [1.82, 2.24) is 35.6 Å². The average Bonchev–Trinajstić information content (AvgIpc) is 3.41. The van der Waals surface area contributed by atoms with E-state index in [2.05, 4.69) is 26.0 Å². The summed E-state index contributed by atoms with van der Waals surface area (Å²) in [4.78, 5) is 59.7. The summed E-state index contributed by atoms with van der Waals surface area (Å²) in [5, 5.41) is 13.1. The van der Waals surface area contributed by atoms with Gasteiger partial charge in [-0.05, 0) is 49.4 Å². The third-order valence-corrected chi connectivity index (χ3v) is 9.30. The van der Waals surface area contributed by atoms with E-state index in [0.717, 1.165) is 22.2 Å². The topological polar surface area (TPSA) is 176 Å². The zero-order chi connectivity index (χ0) is 36.4. The summed E-state index contributed by atoms with van der Waals surface area (Å²) < 4.78 is 41.6. The minimum absolute atomic E-state index is 0.000890. The predicted molar refractivity (Wildman–Crippen MR) is 185 cm³/mol. The number of sulfonamides is 1. The number of carbonyl (C=O) groups is 4. The zero-order valence-electron chi connectivity index (χ0n) is 28.8. The molecule has 1 aliphatic heterocycles. The number of rotatable bonds is 7. The van der Waals surface area contributed by atoms with Crippen LogP contribution in [0.5, 0.6) is 0 Å². The Bertz CT molecular complexity index is 1770. The van der Waals surface area contributed by atoms with Crippen molar-refractivity contribution in [2.24, 2.45) is 5.92 Å². The lowest BCUT2D eigenvalue weighted by Gasteiger charge is -2.28. The van der Waals surface area contributed by atoms with Crippen molar-refractivity contribution in [2.45, 2.75) is 65.1 Å². The van der Waals surface area contributed by atoms with Gasteiger partial charge in [0.2, 0.25) is 33.7 Å². The smallest absolute Gasteiger partial charge is 0.243 e. The van der Waals surface area contributed by atoms with Crippen LogP contribution in [-0.4, -0.2) is 90.2 Å². The molecule has 0 spiro atoms. The molecular formula is C34H45FN8O6S. The van der Waals surface area contributed by atoms with E-state index < -0.39 is 52.2 Å². The van der Waals surface area contributed by atoms with Gasteiger partial charge in [0.05, 0.1) is 18.0 Å². The van der Waals surface area contributed by atoms with Crippen molar-refractivity contribution in [3.8, 4) is 0 Å². The molecule has 270 valence electrons. The molecule has 14 nitrogen and oxygen atoms in total. The van der Waals surface area contributed by atoms with Crippen molar-refractivity contribution in [2.75, 3.05) is 36.7 Å². The van der Waals surface area contributed by atoms with Crippen molar-refractivity contribution in [3.05, 3.63) is 77.6 Å². The first-order valence-electron chi connectivity index (χ1n) is 16.5. The van der Waals surface area contributed by atoms with E-state index in [-0.39, 0.29) is 63.0 Å². The van der Waals surface area contributed by atoms with Crippen molar-refractivity contribution in [1.29, 1.82) is 0 Å². The summed E-state index contributed by atoms with van der Waals surface area (Å²) >= 11 is 0. The first-order valence-corrected chi connectivity index (χ1v) is 18.4. The maximum atomic E-state index is 14.0. The molecule has 3 aromatic rings. The number of nitrogens with one attached hydrogen (secondary N) is 3. The van der Waals surface area contributed by atoms with E-state index in [4.69, 9.17) is 0 Å². The fourth-order valence-electron chi connectivity index (χ4n) is 5.66. The van der Waals surface area contributed by atoms with Crippen LogP contribution in [0.1, 0.15) is 56.4 Å². The van der Waals surface area contributed by atoms with E-state index in [9.17, 15) is 32.0 Å². The van der Waals surface area contributed by atoms with Gasteiger partial charge in [0.15, 0.2) is 5.82 Å². The number of benzene rings is 2.